The van der Waals surface area contributed by atoms with Crippen molar-refractivity contribution in [1.82, 2.24) is 14.9 Å². The molecule has 25 heavy (non-hydrogen) atoms. The fourth-order valence-electron chi connectivity index (χ4n) is 2.65. The molecule has 1 aliphatic rings. The smallest absolute Gasteiger partial charge is 0.235 e. The fourth-order valence-corrected chi connectivity index (χ4v) is 2.65. The van der Waals surface area contributed by atoms with E-state index in [4.69, 9.17) is 9.47 Å². The minimum Gasteiger partial charge on any atom is -0.480 e. The van der Waals surface area contributed by atoms with Crippen LogP contribution in [0.5, 0.6) is 11.8 Å². The number of halogens is 2. The van der Waals surface area contributed by atoms with E-state index in [1.165, 1.54) is 25.6 Å². The highest BCUT2D eigenvalue weighted by atomic mass is 19.1. The molecule has 0 radical (unpaired) electrons. The lowest BCUT2D eigenvalue weighted by Crippen LogP contribution is -2.32. The highest BCUT2D eigenvalue weighted by Crippen LogP contribution is 2.19. The minimum atomic E-state index is -0.716. The SMILES string of the molecule is COc1cncc(O[C@@H]2CCN(C(=O)Cc3ccc(F)cc3F)C2)n1. The molecule has 1 aliphatic heterocycles. The first-order chi connectivity index (χ1) is 12.0. The molecule has 0 saturated carbocycles. The summed E-state index contributed by atoms with van der Waals surface area (Å²) in [6.07, 6.45) is 3.24. The summed E-state index contributed by atoms with van der Waals surface area (Å²) in [7, 11) is 1.48. The van der Waals surface area contributed by atoms with Crippen molar-refractivity contribution >= 4 is 5.91 Å². The van der Waals surface area contributed by atoms with Crippen molar-refractivity contribution in [1.29, 1.82) is 0 Å². The van der Waals surface area contributed by atoms with Crippen molar-refractivity contribution in [2.45, 2.75) is 18.9 Å². The molecule has 2 aromatic rings. The number of aromatic nitrogens is 2. The van der Waals surface area contributed by atoms with Gasteiger partial charge in [-0.15, -0.1) is 0 Å². The molecule has 0 unspecified atom stereocenters. The van der Waals surface area contributed by atoms with Crippen LogP contribution in [0, 0.1) is 11.6 Å². The Labute approximate surface area is 143 Å². The Hall–Kier alpha value is -2.77. The Bertz CT molecular complexity index is 773. The van der Waals surface area contributed by atoms with E-state index in [0.717, 1.165) is 12.1 Å². The monoisotopic (exact) mass is 349 g/mol. The molecule has 1 amide bonds. The molecular formula is C17H17F2N3O3. The van der Waals surface area contributed by atoms with Crippen molar-refractivity contribution in [2.75, 3.05) is 20.2 Å². The van der Waals surface area contributed by atoms with Crippen molar-refractivity contribution in [3.63, 3.8) is 0 Å². The van der Waals surface area contributed by atoms with Crippen molar-refractivity contribution in [3.8, 4) is 11.8 Å². The molecule has 3 rings (SSSR count). The number of hydrogen-bond acceptors (Lipinski definition) is 5. The largest absolute Gasteiger partial charge is 0.480 e. The Kier molecular flexibility index (Phi) is 5.06. The number of methoxy groups -OCH3 is 1. The summed E-state index contributed by atoms with van der Waals surface area (Å²) in [4.78, 5) is 22.0. The summed E-state index contributed by atoms with van der Waals surface area (Å²) in [5.41, 5.74) is 0.175. The lowest BCUT2D eigenvalue weighted by molar-refractivity contribution is -0.129. The number of ether oxygens (including phenoxy) is 2. The van der Waals surface area contributed by atoms with Crippen LogP contribution in [0.25, 0.3) is 0 Å². The molecule has 0 aliphatic carbocycles. The molecule has 132 valence electrons. The molecule has 1 aromatic heterocycles. The van der Waals surface area contributed by atoms with Gasteiger partial charge in [0.2, 0.25) is 17.7 Å². The van der Waals surface area contributed by atoms with Gasteiger partial charge in [0.1, 0.15) is 17.7 Å². The summed E-state index contributed by atoms with van der Waals surface area (Å²) < 4.78 is 37.3. The lowest BCUT2D eigenvalue weighted by Gasteiger charge is -2.17. The highest BCUT2D eigenvalue weighted by molar-refractivity contribution is 5.79. The number of likely N-dealkylation sites (tertiary alicyclic amines) is 1. The third-order valence-corrected chi connectivity index (χ3v) is 3.94. The van der Waals surface area contributed by atoms with E-state index in [2.05, 4.69) is 9.97 Å². The van der Waals surface area contributed by atoms with Crippen LogP contribution in [0.4, 0.5) is 8.78 Å². The Morgan fingerprint density at radius 1 is 1.32 bits per heavy atom. The third-order valence-electron chi connectivity index (χ3n) is 3.94. The Morgan fingerprint density at radius 3 is 2.88 bits per heavy atom. The summed E-state index contributed by atoms with van der Waals surface area (Å²) >= 11 is 0. The maximum atomic E-state index is 13.7. The molecule has 1 atom stereocenters. The Balaban J connectivity index is 1.57. The summed E-state index contributed by atoms with van der Waals surface area (Å²) in [5, 5.41) is 0. The van der Waals surface area contributed by atoms with Gasteiger partial charge < -0.3 is 14.4 Å². The van der Waals surface area contributed by atoms with Gasteiger partial charge in [0.15, 0.2) is 0 Å². The van der Waals surface area contributed by atoms with E-state index in [-0.39, 0.29) is 24.0 Å². The maximum absolute atomic E-state index is 13.7. The lowest BCUT2D eigenvalue weighted by atomic mass is 10.1. The third kappa shape index (κ3) is 4.20. The second-order valence-electron chi connectivity index (χ2n) is 5.68. The standard InChI is InChI=1S/C17H17F2N3O3/c1-24-15-8-20-9-16(21-15)25-13-4-5-22(10-13)17(23)6-11-2-3-12(18)7-14(11)19/h2-3,7-9,13H,4-6,10H2,1H3/t13-/m1/s1. The van der Waals surface area contributed by atoms with Gasteiger partial charge in [-0.05, 0) is 11.6 Å². The van der Waals surface area contributed by atoms with E-state index in [1.807, 2.05) is 0 Å². The first-order valence-electron chi connectivity index (χ1n) is 7.79. The normalized spacial score (nSPS) is 16.8. The molecule has 1 aromatic carbocycles. The zero-order valence-electron chi connectivity index (χ0n) is 13.6. The van der Waals surface area contributed by atoms with E-state index in [0.29, 0.717) is 31.3 Å². The van der Waals surface area contributed by atoms with Crippen molar-refractivity contribution in [3.05, 3.63) is 47.8 Å². The van der Waals surface area contributed by atoms with Crippen molar-refractivity contribution < 1.29 is 23.0 Å². The molecule has 6 nitrogen and oxygen atoms in total. The van der Waals surface area contributed by atoms with Gasteiger partial charge >= 0.3 is 0 Å². The number of rotatable bonds is 5. The maximum Gasteiger partial charge on any atom is 0.235 e. The zero-order chi connectivity index (χ0) is 17.8. The first kappa shape index (κ1) is 17.1. The number of carbonyl (C=O) groups excluding carboxylic acids is 1. The molecule has 0 N–H and O–H groups in total. The average Bonchev–Trinajstić information content (AvgIpc) is 3.06. The molecular weight excluding hydrogens is 332 g/mol. The van der Waals surface area contributed by atoms with Gasteiger partial charge in [-0.2, -0.15) is 4.98 Å². The molecule has 1 fully saturated rings. The summed E-state index contributed by atoms with van der Waals surface area (Å²) in [6, 6.07) is 3.21. The predicted octanol–water partition coefficient (Wildman–Crippen LogP) is 1.99. The number of carbonyl (C=O) groups is 1. The van der Waals surface area contributed by atoms with Gasteiger partial charge in [0.25, 0.3) is 0 Å². The molecule has 2 heterocycles. The number of amides is 1. The van der Waals surface area contributed by atoms with Crippen LogP contribution in [-0.4, -0.2) is 47.1 Å². The van der Waals surface area contributed by atoms with Crippen LogP contribution < -0.4 is 9.47 Å². The molecule has 8 heteroatoms. The second kappa shape index (κ2) is 7.42. The van der Waals surface area contributed by atoms with Gasteiger partial charge in [-0.25, -0.2) is 8.78 Å². The van der Waals surface area contributed by atoms with Crippen LogP contribution >= 0.6 is 0 Å². The number of benzene rings is 1. The van der Waals surface area contributed by atoms with Crippen molar-refractivity contribution in [2.24, 2.45) is 0 Å². The van der Waals surface area contributed by atoms with Crippen LogP contribution in [0.1, 0.15) is 12.0 Å². The zero-order valence-corrected chi connectivity index (χ0v) is 13.6. The van der Waals surface area contributed by atoms with Gasteiger partial charge in [-0.3, -0.25) is 9.78 Å². The quantitative estimate of drug-likeness (QED) is 0.826. The van der Waals surface area contributed by atoms with E-state index in [1.54, 1.807) is 4.90 Å². The van der Waals surface area contributed by atoms with Crippen LogP contribution in [-0.2, 0) is 11.2 Å². The topological polar surface area (TPSA) is 64.6 Å². The molecule has 1 saturated heterocycles. The minimum absolute atomic E-state index is 0.113. The molecule has 0 spiro atoms. The average molecular weight is 349 g/mol. The van der Waals surface area contributed by atoms with Gasteiger partial charge in [0, 0.05) is 19.0 Å². The van der Waals surface area contributed by atoms with E-state index in [9.17, 15) is 13.6 Å². The first-order valence-corrected chi connectivity index (χ1v) is 7.79. The predicted molar refractivity (Wildman–Crippen MR) is 84.3 cm³/mol. The fraction of sp³-hybridized carbons (Fsp3) is 0.353. The highest BCUT2D eigenvalue weighted by Gasteiger charge is 2.28. The summed E-state index contributed by atoms with van der Waals surface area (Å²) in [5.74, 6) is -0.943. The van der Waals surface area contributed by atoms with Crippen LogP contribution in [0.15, 0.2) is 30.6 Å². The van der Waals surface area contributed by atoms with Gasteiger partial charge in [-0.1, -0.05) is 6.07 Å². The molecule has 0 bridgehead atoms. The number of hydrogen-bond donors (Lipinski definition) is 0. The van der Waals surface area contributed by atoms with Crippen LogP contribution in [0.3, 0.4) is 0 Å². The number of nitrogens with zero attached hydrogens (tertiary/aromatic N) is 3. The van der Waals surface area contributed by atoms with Gasteiger partial charge in [0.05, 0.1) is 32.5 Å². The Morgan fingerprint density at radius 2 is 2.12 bits per heavy atom. The van der Waals surface area contributed by atoms with E-state index < -0.39 is 11.6 Å². The van der Waals surface area contributed by atoms with E-state index >= 15 is 0 Å². The summed E-state index contributed by atoms with van der Waals surface area (Å²) in [6.45, 7) is 0.879. The second-order valence-corrected chi connectivity index (χ2v) is 5.68. The van der Waals surface area contributed by atoms with Crippen LogP contribution in [0.2, 0.25) is 0 Å².